The summed E-state index contributed by atoms with van der Waals surface area (Å²) < 4.78 is 49.6. The molecule has 1 aliphatic heterocycles. The molecule has 2 saturated carbocycles. The van der Waals surface area contributed by atoms with Crippen molar-refractivity contribution in [2.24, 2.45) is 0 Å². The number of carbonyl (C=O) groups excluding carboxylic acids is 1. The van der Waals surface area contributed by atoms with Crippen LogP contribution in [0.5, 0.6) is 11.5 Å². The van der Waals surface area contributed by atoms with Crippen LogP contribution in [0.15, 0.2) is 42.5 Å². The Morgan fingerprint density at radius 1 is 1.00 bits per heavy atom. The van der Waals surface area contributed by atoms with E-state index in [1.165, 1.54) is 37.0 Å². The summed E-state index contributed by atoms with van der Waals surface area (Å²) >= 11 is 0. The number of urea groups is 1. The number of nitrogens with one attached hydrogen (secondary N) is 2. The molecular formula is C28H34F3N3O3. The van der Waals surface area contributed by atoms with Gasteiger partial charge in [0.05, 0.1) is 19.8 Å². The second-order valence-corrected chi connectivity index (χ2v) is 10.5. The van der Waals surface area contributed by atoms with E-state index >= 15 is 0 Å². The normalized spacial score (nSPS) is 26.2. The number of carbonyl (C=O) groups is 1. The van der Waals surface area contributed by atoms with Crippen molar-refractivity contribution in [3.63, 3.8) is 0 Å². The van der Waals surface area contributed by atoms with Crippen molar-refractivity contribution in [3.05, 3.63) is 53.6 Å². The summed E-state index contributed by atoms with van der Waals surface area (Å²) in [6.07, 6.45) is 2.92. The molecule has 0 bridgehead atoms. The molecule has 1 saturated heterocycles. The molecule has 3 fully saturated rings. The summed E-state index contributed by atoms with van der Waals surface area (Å²) in [5.41, 5.74) is 0.828. The Balaban J connectivity index is 1.31. The number of methoxy groups -OCH3 is 2. The molecule has 0 spiro atoms. The molecule has 0 aromatic heterocycles. The minimum absolute atomic E-state index is 0.0166. The van der Waals surface area contributed by atoms with E-state index in [2.05, 4.69) is 27.7 Å². The second-order valence-electron chi connectivity index (χ2n) is 10.5. The van der Waals surface area contributed by atoms with E-state index in [0.29, 0.717) is 23.5 Å². The fraction of sp³-hybridized carbons (Fsp3) is 0.536. The quantitative estimate of drug-likeness (QED) is 0.496. The SMILES string of the molecule is COc1ccc([C@@]23CC[C@@H](NC(=O)Nc4ccc(C(F)(F)F)cc4)C[C@@H]2N(C2CCC2)CC3)cc1OC. The van der Waals surface area contributed by atoms with E-state index < -0.39 is 17.8 Å². The lowest BCUT2D eigenvalue weighted by Crippen LogP contribution is -2.55. The van der Waals surface area contributed by atoms with E-state index in [1.54, 1.807) is 14.2 Å². The average molecular weight is 518 g/mol. The zero-order chi connectivity index (χ0) is 26.2. The first-order valence-corrected chi connectivity index (χ1v) is 13.0. The lowest BCUT2D eigenvalue weighted by molar-refractivity contribution is -0.137. The van der Waals surface area contributed by atoms with Gasteiger partial charge in [0.2, 0.25) is 0 Å². The molecule has 2 amide bonds. The molecule has 2 N–H and O–H groups in total. The average Bonchev–Trinajstić information content (AvgIpc) is 3.21. The van der Waals surface area contributed by atoms with Crippen LogP contribution in [-0.4, -0.2) is 49.8 Å². The van der Waals surface area contributed by atoms with Crippen molar-refractivity contribution in [1.29, 1.82) is 0 Å². The van der Waals surface area contributed by atoms with Gasteiger partial charge in [0.25, 0.3) is 0 Å². The summed E-state index contributed by atoms with van der Waals surface area (Å²) in [4.78, 5) is 15.4. The van der Waals surface area contributed by atoms with Crippen molar-refractivity contribution >= 4 is 11.7 Å². The minimum atomic E-state index is -4.41. The van der Waals surface area contributed by atoms with Crippen LogP contribution in [0.3, 0.4) is 0 Å². The maximum atomic E-state index is 12.8. The van der Waals surface area contributed by atoms with Crippen molar-refractivity contribution < 1.29 is 27.4 Å². The largest absolute Gasteiger partial charge is 0.493 e. The predicted molar refractivity (Wildman–Crippen MR) is 135 cm³/mol. The van der Waals surface area contributed by atoms with E-state index in [9.17, 15) is 18.0 Å². The number of benzene rings is 2. The number of ether oxygens (including phenoxy) is 2. The number of alkyl halides is 3. The smallest absolute Gasteiger partial charge is 0.416 e. The molecule has 200 valence electrons. The zero-order valence-electron chi connectivity index (χ0n) is 21.2. The monoisotopic (exact) mass is 517 g/mol. The van der Waals surface area contributed by atoms with E-state index in [0.717, 1.165) is 50.1 Å². The number of hydrogen-bond acceptors (Lipinski definition) is 4. The zero-order valence-corrected chi connectivity index (χ0v) is 21.2. The summed E-state index contributed by atoms with van der Waals surface area (Å²) in [7, 11) is 3.29. The molecule has 3 atom stereocenters. The highest BCUT2D eigenvalue weighted by Crippen LogP contribution is 2.52. The molecule has 2 aliphatic carbocycles. The van der Waals surface area contributed by atoms with Gasteiger partial charge in [0.15, 0.2) is 11.5 Å². The van der Waals surface area contributed by atoms with Crippen molar-refractivity contribution in [1.82, 2.24) is 10.2 Å². The molecule has 6 nitrogen and oxygen atoms in total. The van der Waals surface area contributed by atoms with Crippen LogP contribution >= 0.6 is 0 Å². The molecule has 37 heavy (non-hydrogen) atoms. The topological polar surface area (TPSA) is 62.8 Å². The molecule has 2 aromatic rings. The maximum absolute atomic E-state index is 12.8. The van der Waals surface area contributed by atoms with Gasteiger partial charge in [-0.15, -0.1) is 0 Å². The molecule has 2 aromatic carbocycles. The number of anilines is 1. The Labute approximate surface area is 215 Å². The number of hydrogen-bond donors (Lipinski definition) is 2. The van der Waals surface area contributed by atoms with Gasteiger partial charge in [0.1, 0.15) is 0 Å². The van der Waals surface area contributed by atoms with Crippen LogP contribution in [0.2, 0.25) is 0 Å². The van der Waals surface area contributed by atoms with Crippen molar-refractivity contribution in [3.8, 4) is 11.5 Å². The number of nitrogens with zero attached hydrogens (tertiary/aromatic N) is 1. The standard InChI is InChI=1S/C28H34F3N3O3/c1-36-23-11-8-19(16-24(23)37-2)27-13-12-21(17-25(27)34(15-14-27)22-4-3-5-22)33-26(35)32-20-9-6-18(7-10-20)28(29,30)31/h6-11,16,21-22,25H,3-5,12-15,17H2,1-2H3,(H2,32,33,35)/t21-,25+,27+/m1/s1. The Morgan fingerprint density at radius 2 is 1.73 bits per heavy atom. The fourth-order valence-electron chi connectivity index (χ4n) is 6.45. The number of halogens is 3. The van der Waals surface area contributed by atoms with E-state index in [4.69, 9.17) is 9.47 Å². The summed E-state index contributed by atoms with van der Waals surface area (Å²) in [5.74, 6) is 1.44. The van der Waals surface area contributed by atoms with Crippen LogP contribution in [-0.2, 0) is 11.6 Å². The van der Waals surface area contributed by atoms with Crippen LogP contribution in [0.1, 0.15) is 56.1 Å². The van der Waals surface area contributed by atoms with E-state index in [-0.39, 0.29) is 11.5 Å². The fourth-order valence-corrected chi connectivity index (χ4v) is 6.45. The Kier molecular flexibility index (Phi) is 7.00. The first-order valence-electron chi connectivity index (χ1n) is 13.0. The Bertz CT molecular complexity index is 1120. The number of likely N-dealkylation sites (tertiary alicyclic amines) is 1. The lowest BCUT2D eigenvalue weighted by atomic mass is 9.64. The Morgan fingerprint density at radius 3 is 2.35 bits per heavy atom. The number of rotatable bonds is 6. The van der Waals surface area contributed by atoms with Gasteiger partial charge >= 0.3 is 12.2 Å². The third-order valence-electron chi connectivity index (χ3n) is 8.61. The van der Waals surface area contributed by atoms with E-state index in [1.807, 2.05) is 6.07 Å². The highest BCUT2D eigenvalue weighted by molar-refractivity contribution is 5.89. The second kappa shape index (κ2) is 10.1. The third kappa shape index (κ3) is 4.98. The highest BCUT2D eigenvalue weighted by Gasteiger charge is 2.53. The molecule has 3 aliphatic rings. The summed E-state index contributed by atoms with van der Waals surface area (Å²) in [6, 6.07) is 11.2. The van der Waals surface area contributed by atoms with Gasteiger partial charge in [-0.2, -0.15) is 13.2 Å². The van der Waals surface area contributed by atoms with Crippen LogP contribution < -0.4 is 20.1 Å². The van der Waals surface area contributed by atoms with Crippen LogP contribution in [0.25, 0.3) is 0 Å². The third-order valence-corrected chi connectivity index (χ3v) is 8.61. The van der Waals surface area contributed by atoms with Gasteiger partial charge in [-0.3, -0.25) is 4.90 Å². The van der Waals surface area contributed by atoms with Gasteiger partial charge in [0, 0.05) is 29.2 Å². The summed E-state index contributed by atoms with van der Waals surface area (Å²) in [6.45, 7) is 1.04. The van der Waals surface area contributed by atoms with Gasteiger partial charge in [-0.05, 0) is 87.0 Å². The summed E-state index contributed by atoms with van der Waals surface area (Å²) in [5, 5.41) is 5.78. The van der Waals surface area contributed by atoms with Gasteiger partial charge in [-0.1, -0.05) is 12.5 Å². The molecule has 5 rings (SSSR count). The van der Waals surface area contributed by atoms with Crippen molar-refractivity contribution in [2.45, 2.75) is 74.7 Å². The predicted octanol–water partition coefficient (Wildman–Crippen LogP) is 5.96. The minimum Gasteiger partial charge on any atom is -0.493 e. The highest BCUT2D eigenvalue weighted by atomic mass is 19.4. The maximum Gasteiger partial charge on any atom is 0.416 e. The molecule has 0 unspecified atom stereocenters. The van der Waals surface area contributed by atoms with Gasteiger partial charge in [-0.25, -0.2) is 4.79 Å². The first kappa shape index (κ1) is 25.7. The number of amides is 2. The first-order chi connectivity index (χ1) is 17.7. The number of fused-ring (bicyclic) bond motifs is 1. The molecule has 9 heteroatoms. The van der Waals surface area contributed by atoms with Crippen LogP contribution in [0.4, 0.5) is 23.7 Å². The molecular weight excluding hydrogens is 483 g/mol. The van der Waals surface area contributed by atoms with Crippen molar-refractivity contribution in [2.75, 3.05) is 26.1 Å². The molecule has 1 heterocycles. The van der Waals surface area contributed by atoms with Gasteiger partial charge < -0.3 is 20.1 Å². The van der Waals surface area contributed by atoms with Crippen LogP contribution in [0, 0.1) is 0 Å². The Hall–Kier alpha value is -2.94. The lowest BCUT2D eigenvalue weighted by Gasteiger charge is -2.48. The molecule has 0 radical (unpaired) electrons.